The highest BCUT2D eigenvalue weighted by molar-refractivity contribution is 7.93. The number of aryl methyl sites for hydroxylation is 1. The minimum Gasteiger partial charge on any atom is -0.495 e. The lowest BCUT2D eigenvalue weighted by molar-refractivity contribution is 0.0472. The summed E-state index contributed by atoms with van der Waals surface area (Å²) >= 11 is 0. The van der Waals surface area contributed by atoms with Crippen LogP contribution in [0.1, 0.15) is 54.2 Å². The molecule has 0 unspecified atom stereocenters. The quantitative estimate of drug-likeness (QED) is 0.425. The number of hydrogen-bond acceptors (Lipinski definition) is 5. The second-order valence-corrected chi connectivity index (χ2v) is 11.5. The summed E-state index contributed by atoms with van der Waals surface area (Å²) in [5, 5.41) is 0. The molecule has 0 radical (unpaired) electrons. The number of esters is 1. The molecule has 3 aromatic carbocycles. The van der Waals surface area contributed by atoms with Crippen LogP contribution in [0.3, 0.4) is 0 Å². The highest BCUT2D eigenvalue weighted by Crippen LogP contribution is 2.35. The van der Waals surface area contributed by atoms with E-state index in [0.29, 0.717) is 18.7 Å². The van der Waals surface area contributed by atoms with Gasteiger partial charge in [-0.25, -0.2) is 13.2 Å². The Bertz CT molecular complexity index is 1320. The van der Waals surface area contributed by atoms with Gasteiger partial charge in [-0.2, -0.15) is 0 Å². The monoisotopic (exact) mass is 493 g/mol. The van der Waals surface area contributed by atoms with Crippen molar-refractivity contribution in [2.75, 3.05) is 18.0 Å². The minimum absolute atomic E-state index is 0.0368. The number of anilines is 1. The first-order chi connectivity index (χ1) is 16.6. The van der Waals surface area contributed by atoms with Gasteiger partial charge in [-0.15, -0.1) is 0 Å². The summed E-state index contributed by atoms with van der Waals surface area (Å²) in [4.78, 5) is 12.8. The van der Waals surface area contributed by atoms with Crippen molar-refractivity contribution < 1.29 is 22.7 Å². The lowest BCUT2D eigenvalue weighted by Gasteiger charge is -2.31. The first-order valence-corrected chi connectivity index (χ1v) is 13.1. The summed E-state index contributed by atoms with van der Waals surface area (Å²) in [6, 6.07) is 19.8. The van der Waals surface area contributed by atoms with Gasteiger partial charge in [-0.1, -0.05) is 63.2 Å². The molecule has 6 nitrogen and oxygen atoms in total. The molecule has 0 N–H and O–H groups in total. The van der Waals surface area contributed by atoms with E-state index in [0.717, 1.165) is 17.5 Å². The fourth-order valence-corrected chi connectivity index (χ4v) is 5.93. The lowest BCUT2D eigenvalue weighted by Crippen LogP contribution is -2.35. The van der Waals surface area contributed by atoms with Gasteiger partial charge in [-0.3, -0.25) is 4.31 Å². The van der Waals surface area contributed by atoms with Gasteiger partial charge in [0, 0.05) is 6.54 Å². The zero-order chi connectivity index (χ0) is 25.2. The van der Waals surface area contributed by atoms with Crippen molar-refractivity contribution >= 4 is 21.7 Å². The molecular formula is C28H31NO5S. The Balaban J connectivity index is 1.58. The van der Waals surface area contributed by atoms with Crippen molar-refractivity contribution in [3.8, 4) is 5.75 Å². The summed E-state index contributed by atoms with van der Waals surface area (Å²) in [5.41, 5.74) is 3.88. The van der Waals surface area contributed by atoms with Gasteiger partial charge in [0.1, 0.15) is 17.3 Å². The van der Waals surface area contributed by atoms with E-state index in [1.807, 2.05) is 48.5 Å². The molecule has 0 atom stereocenters. The zero-order valence-electron chi connectivity index (χ0n) is 20.6. The molecule has 0 saturated carbocycles. The molecule has 0 bridgehead atoms. The third kappa shape index (κ3) is 5.20. The Morgan fingerprint density at radius 3 is 2.40 bits per heavy atom. The van der Waals surface area contributed by atoms with E-state index in [1.165, 1.54) is 35.2 Å². The van der Waals surface area contributed by atoms with E-state index in [-0.39, 0.29) is 28.2 Å². The van der Waals surface area contributed by atoms with Crippen LogP contribution in [0.2, 0.25) is 0 Å². The molecule has 0 spiro atoms. The molecule has 0 aliphatic carbocycles. The van der Waals surface area contributed by atoms with Crippen LogP contribution >= 0.6 is 0 Å². The Labute approximate surface area is 207 Å². The molecule has 1 heterocycles. The third-order valence-electron chi connectivity index (χ3n) is 6.22. The van der Waals surface area contributed by atoms with Crippen LogP contribution in [0.5, 0.6) is 5.75 Å². The van der Waals surface area contributed by atoms with E-state index in [1.54, 1.807) is 0 Å². The lowest BCUT2D eigenvalue weighted by atomic mass is 9.87. The van der Waals surface area contributed by atoms with Gasteiger partial charge in [0.15, 0.2) is 0 Å². The molecule has 3 aromatic rings. The molecule has 35 heavy (non-hydrogen) atoms. The van der Waals surface area contributed by atoms with Crippen molar-refractivity contribution in [3.63, 3.8) is 0 Å². The van der Waals surface area contributed by atoms with Crippen molar-refractivity contribution in [1.29, 1.82) is 0 Å². The van der Waals surface area contributed by atoms with Crippen molar-refractivity contribution in [2.24, 2.45) is 0 Å². The highest BCUT2D eigenvalue weighted by atomic mass is 32.2. The second kappa shape index (κ2) is 9.74. The molecular weight excluding hydrogens is 462 g/mol. The van der Waals surface area contributed by atoms with Gasteiger partial charge < -0.3 is 9.47 Å². The van der Waals surface area contributed by atoms with Gasteiger partial charge >= 0.3 is 5.97 Å². The van der Waals surface area contributed by atoms with E-state index < -0.39 is 16.0 Å². The summed E-state index contributed by atoms with van der Waals surface area (Å²) in [6.07, 6.45) is 1.54. The number of hydrogen-bond donors (Lipinski definition) is 0. The molecule has 0 fully saturated rings. The van der Waals surface area contributed by atoms with Crippen LogP contribution < -0.4 is 9.04 Å². The molecule has 0 amide bonds. The fourth-order valence-electron chi connectivity index (χ4n) is 4.21. The van der Waals surface area contributed by atoms with E-state index in [4.69, 9.17) is 9.47 Å². The number of benzene rings is 3. The zero-order valence-corrected chi connectivity index (χ0v) is 21.4. The largest absolute Gasteiger partial charge is 0.495 e. The maximum Gasteiger partial charge on any atom is 0.338 e. The van der Waals surface area contributed by atoms with Crippen LogP contribution in [0.15, 0.2) is 71.6 Å². The predicted molar refractivity (Wildman–Crippen MR) is 137 cm³/mol. The number of para-hydroxylation sites is 1. The number of nitrogens with zero attached hydrogens (tertiary/aromatic N) is 1. The maximum atomic E-state index is 13.7. The van der Waals surface area contributed by atoms with Gasteiger partial charge in [0.05, 0.1) is 18.4 Å². The standard InChI is InChI=1S/C28H31NO5S/c1-28(2,3)23-14-11-20(12-15-23)19-34-27(30)22-13-16-25(33-4)26(18-22)35(31,32)29-17-7-9-21-8-5-6-10-24(21)29/h5-6,8,10-16,18H,7,9,17,19H2,1-4H3. The maximum absolute atomic E-state index is 13.7. The number of ether oxygens (including phenoxy) is 2. The van der Waals surface area contributed by atoms with Crippen LogP contribution in [0.4, 0.5) is 5.69 Å². The number of fused-ring (bicyclic) bond motifs is 1. The van der Waals surface area contributed by atoms with Crippen molar-refractivity contribution in [1.82, 2.24) is 0 Å². The first-order valence-electron chi connectivity index (χ1n) is 11.7. The molecule has 1 aliphatic rings. The number of methoxy groups -OCH3 is 1. The number of sulfonamides is 1. The average Bonchev–Trinajstić information content (AvgIpc) is 2.86. The van der Waals surface area contributed by atoms with Crippen molar-refractivity contribution in [3.05, 3.63) is 89.0 Å². The number of carbonyl (C=O) groups excluding carboxylic acids is 1. The van der Waals surface area contributed by atoms with E-state index in [9.17, 15) is 13.2 Å². The summed E-state index contributed by atoms with van der Waals surface area (Å²) in [6.45, 7) is 6.87. The van der Waals surface area contributed by atoms with Gasteiger partial charge in [-0.05, 0) is 59.2 Å². The van der Waals surface area contributed by atoms with Gasteiger partial charge in [0.2, 0.25) is 0 Å². The Kier molecular flexibility index (Phi) is 6.90. The minimum atomic E-state index is -3.96. The molecule has 7 heteroatoms. The summed E-state index contributed by atoms with van der Waals surface area (Å²) in [7, 11) is -2.55. The van der Waals surface area contributed by atoms with Gasteiger partial charge in [0.25, 0.3) is 10.0 Å². The number of carbonyl (C=O) groups is 1. The Morgan fingerprint density at radius 2 is 1.71 bits per heavy atom. The topological polar surface area (TPSA) is 72.9 Å². The SMILES string of the molecule is COc1ccc(C(=O)OCc2ccc(C(C)(C)C)cc2)cc1S(=O)(=O)N1CCCc2ccccc21. The second-order valence-electron chi connectivity index (χ2n) is 9.70. The molecule has 0 aromatic heterocycles. The first kappa shape index (κ1) is 24.8. The summed E-state index contributed by atoms with van der Waals surface area (Å²) in [5.74, 6) is -0.412. The Hall–Kier alpha value is -3.32. The number of rotatable bonds is 6. The van der Waals surface area contributed by atoms with Crippen LogP contribution in [0.25, 0.3) is 0 Å². The fraction of sp³-hybridized carbons (Fsp3) is 0.321. The molecule has 1 aliphatic heterocycles. The van der Waals surface area contributed by atoms with Crippen molar-refractivity contribution in [2.45, 2.75) is 50.5 Å². The summed E-state index contributed by atoms with van der Waals surface area (Å²) < 4.78 is 39.6. The van der Waals surface area contributed by atoms with Crippen LogP contribution in [0, 0.1) is 0 Å². The smallest absolute Gasteiger partial charge is 0.338 e. The molecule has 0 saturated heterocycles. The average molecular weight is 494 g/mol. The van der Waals surface area contributed by atoms with E-state index >= 15 is 0 Å². The highest BCUT2D eigenvalue weighted by Gasteiger charge is 2.32. The van der Waals surface area contributed by atoms with E-state index in [2.05, 4.69) is 20.8 Å². The third-order valence-corrected chi connectivity index (χ3v) is 8.06. The normalized spacial score (nSPS) is 13.8. The van der Waals surface area contributed by atoms with Crippen LogP contribution in [-0.2, 0) is 33.2 Å². The molecule has 184 valence electrons. The Morgan fingerprint density at radius 1 is 1.00 bits per heavy atom. The van der Waals surface area contributed by atoms with Crippen LogP contribution in [-0.4, -0.2) is 28.0 Å². The molecule has 4 rings (SSSR count). The predicted octanol–water partition coefficient (Wildman–Crippen LogP) is 5.49.